The van der Waals surface area contributed by atoms with Crippen molar-refractivity contribution in [1.29, 1.82) is 0 Å². The molecule has 1 aliphatic heterocycles. The van der Waals surface area contributed by atoms with Crippen LogP contribution in [0.4, 0.5) is 0 Å². The van der Waals surface area contributed by atoms with Gasteiger partial charge in [-0.15, -0.1) is 0 Å². The molecule has 154 valence electrons. The Labute approximate surface area is 171 Å². The van der Waals surface area contributed by atoms with Gasteiger partial charge in [0, 0.05) is 5.41 Å². The summed E-state index contributed by atoms with van der Waals surface area (Å²) in [7, 11) is -3.91. The Morgan fingerprint density at radius 2 is 1.76 bits per heavy atom. The van der Waals surface area contributed by atoms with Gasteiger partial charge in [0.1, 0.15) is 12.3 Å². The molecule has 0 bridgehead atoms. The summed E-state index contributed by atoms with van der Waals surface area (Å²) >= 11 is 0. The number of sulfonamides is 1. The van der Waals surface area contributed by atoms with Crippen molar-refractivity contribution < 1.29 is 22.7 Å². The van der Waals surface area contributed by atoms with Gasteiger partial charge in [-0.3, -0.25) is 4.79 Å². The van der Waals surface area contributed by atoms with Crippen molar-refractivity contribution in [2.75, 3.05) is 6.61 Å². The number of benzene rings is 2. The third-order valence-electron chi connectivity index (χ3n) is 5.71. The molecule has 1 heterocycles. The molecule has 29 heavy (non-hydrogen) atoms. The van der Waals surface area contributed by atoms with Gasteiger partial charge in [-0.25, -0.2) is 8.42 Å². The van der Waals surface area contributed by atoms with E-state index in [1.165, 1.54) is 4.31 Å². The first-order valence-corrected chi connectivity index (χ1v) is 11.3. The van der Waals surface area contributed by atoms with Crippen molar-refractivity contribution in [1.82, 2.24) is 4.31 Å². The van der Waals surface area contributed by atoms with E-state index in [0.29, 0.717) is 0 Å². The summed E-state index contributed by atoms with van der Waals surface area (Å²) in [4.78, 5) is 12.8. The quantitative estimate of drug-likeness (QED) is 0.649. The highest BCUT2D eigenvalue weighted by molar-refractivity contribution is 7.89. The van der Waals surface area contributed by atoms with Crippen LogP contribution in [0.2, 0.25) is 0 Å². The minimum absolute atomic E-state index is 0.154. The van der Waals surface area contributed by atoms with E-state index in [1.807, 2.05) is 37.3 Å². The lowest BCUT2D eigenvalue weighted by atomic mass is 9.85. The van der Waals surface area contributed by atoms with Crippen LogP contribution in [0.3, 0.4) is 0 Å². The molecule has 0 aromatic heterocycles. The Balaban J connectivity index is 1.65. The van der Waals surface area contributed by atoms with Gasteiger partial charge in [0.2, 0.25) is 10.0 Å². The van der Waals surface area contributed by atoms with E-state index in [-0.39, 0.29) is 18.1 Å². The van der Waals surface area contributed by atoms with E-state index in [1.54, 1.807) is 31.2 Å². The standard InChI is InChI=1S/C22H25NO5S/c1-3-27-20(24)19-22(13-14-22)21(28-15-17-7-5-4-6-8-17)23(19)29(25,26)18-11-9-16(2)10-12-18/h4-12,19,21H,3,13-15H2,1-2H3/t19-,21-/m0/s1. The molecular formula is C22H25NO5S. The molecule has 2 aromatic carbocycles. The lowest BCUT2D eigenvalue weighted by Gasteiger charge is -2.52. The average Bonchev–Trinajstić information content (AvgIpc) is 3.51. The van der Waals surface area contributed by atoms with Crippen LogP contribution in [-0.2, 0) is 30.9 Å². The molecule has 0 unspecified atom stereocenters. The van der Waals surface area contributed by atoms with Crippen LogP contribution < -0.4 is 0 Å². The maximum atomic E-state index is 13.4. The predicted molar refractivity (Wildman–Crippen MR) is 107 cm³/mol. The zero-order chi connectivity index (χ0) is 20.6. The van der Waals surface area contributed by atoms with Gasteiger partial charge >= 0.3 is 5.97 Å². The molecule has 0 radical (unpaired) electrons. The van der Waals surface area contributed by atoms with Crippen LogP contribution in [0.15, 0.2) is 59.5 Å². The molecule has 1 aliphatic carbocycles. The van der Waals surface area contributed by atoms with Gasteiger partial charge in [0.15, 0.2) is 0 Å². The fourth-order valence-corrected chi connectivity index (χ4v) is 5.83. The van der Waals surface area contributed by atoms with E-state index in [2.05, 4.69) is 0 Å². The number of ether oxygens (including phenoxy) is 2. The lowest BCUT2D eigenvalue weighted by Crippen LogP contribution is -2.71. The third-order valence-corrected chi connectivity index (χ3v) is 7.53. The van der Waals surface area contributed by atoms with E-state index in [4.69, 9.17) is 9.47 Å². The second kappa shape index (κ2) is 7.55. The van der Waals surface area contributed by atoms with Crippen LogP contribution >= 0.6 is 0 Å². The van der Waals surface area contributed by atoms with Gasteiger partial charge in [-0.2, -0.15) is 4.31 Å². The first kappa shape index (κ1) is 20.1. The lowest BCUT2D eigenvalue weighted by molar-refractivity contribution is -0.202. The van der Waals surface area contributed by atoms with E-state index in [9.17, 15) is 13.2 Å². The number of nitrogens with zero attached hydrogens (tertiary/aromatic N) is 1. The van der Waals surface area contributed by atoms with Gasteiger partial charge in [0.05, 0.1) is 18.1 Å². The number of aryl methyl sites for hydroxylation is 1. The molecule has 6 nitrogen and oxygen atoms in total. The highest BCUT2D eigenvalue weighted by Gasteiger charge is 2.74. The van der Waals surface area contributed by atoms with Gasteiger partial charge in [-0.1, -0.05) is 48.0 Å². The molecule has 1 saturated heterocycles. The van der Waals surface area contributed by atoms with Crippen molar-refractivity contribution >= 4 is 16.0 Å². The van der Waals surface area contributed by atoms with Crippen LogP contribution in [0.25, 0.3) is 0 Å². The zero-order valence-electron chi connectivity index (χ0n) is 16.6. The molecule has 7 heteroatoms. The third kappa shape index (κ3) is 3.47. The summed E-state index contributed by atoms with van der Waals surface area (Å²) < 4.78 is 39.4. The fourth-order valence-electron chi connectivity index (χ4n) is 4.01. The topological polar surface area (TPSA) is 72.9 Å². The van der Waals surface area contributed by atoms with Crippen LogP contribution in [0.5, 0.6) is 0 Å². The Bertz CT molecular complexity index is 984. The smallest absolute Gasteiger partial charge is 0.325 e. The molecule has 2 aromatic rings. The summed E-state index contributed by atoms with van der Waals surface area (Å²) in [5, 5.41) is 0. The summed E-state index contributed by atoms with van der Waals surface area (Å²) in [6.45, 7) is 4.10. The van der Waals surface area contributed by atoms with Crippen LogP contribution in [-0.4, -0.2) is 37.6 Å². The molecule has 4 rings (SSSR count). The Morgan fingerprint density at radius 3 is 2.34 bits per heavy atom. The van der Waals surface area contributed by atoms with Gasteiger partial charge in [0.25, 0.3) is 0 Å². The highest BCUT2D eigenvalue weighted by atomic mass is 32.2. The van der Waals surface area contributed by atoms with Crippen LogP contribution in [0, 0.1) is 12.3 Å². The molecule has 2 atom stereocenters. The van der Waals surface area contributed by atoms with Crippen molar-refractivity contribution in [2.45, 2.75) is 50.5 Å². The van der Waals surface area contributed by atoms with E-state index >= 15 is 0 Å². The number of esters is 1. The Hall–Kier alpha value is -2.22. The number of carbonyl (C=O) groups excluding carboxylic acids is 1. The predicted octanol–water partition coefficient (Wildman–Crippen LogP) is 3.25. The summed E-state index contributed by atoms with van der Waals surface area (Å²) in [5.74, 6) is -0.500. The molecule has 1 spiro atoms. The molecule has 0 N–H and O–H groups in total. The summed E-state index contributed by atoms with van der Waals surface area (Å²) in [6, 6.07) is 15.4. The molecule has 2 aliphatic rings. The van der Waals surface area contributed by atoms with E-state index in [0.717, 1.165) is 24.0 Å². The first-order chi connectivity index (χ1) is 13.9. The molecule has 2 fully saturated rings. The van der Waals surface area contributed by atoms with Crippen LogP contribution in [0.1, 0.15) is 30.9 Å². The van der Waals surface area contributed by atoms with Crippen molar-refractivity contribution in [2.24, 2.45) is 5.41 Å². The SMILES string of the molecule is CCOC(=O)[C@@H]1N(S(=O)(=O)c2ccc(C)cc2)[C@@H](OCc2ccccc2)C12CC2. The summed E-state index contributed by atoms with van der Waals surface area (Å²) in [5.41, 5.74) is 1.43. The second-order valence-corrected chi connectivity index (χ2v) is 9.53. The minimum Gasteiger partial charge on any atom is -0.465 e. The van der Waals surface area contributed by atoms with Crippen molar-refractivity contribution in [3.05, 3.63) is 65.7 Å². The Kier molecular flexibility index (Phi) is 5.23. The Morgan fingerprint density at radius 1 is 1.10 bits per heavy atom. The van der Waals surface area contributed by atoms with Crippen molar-refractivity contribution in [3.8, 4) is 0 Å². The molecule has 1 saturated carbocycles. The zero-order valence-corrected chi connectivity index (χ0v) is 17.4. The van der Waals surface area contributed by atoms with Crippen molar-refractivity contribution in [3.63, 3.8) is 0 Å². The maximum absolute atomic E-state index is 13.4. The van der Waals surface area contributed by atoms with Gasteiger partial charge in [-0.05, 0) is 44.4 Å². The number of carbonyl (C=O) groups is 1. The average molecular weight is 416 g/mol. The molecular weight excluding hydrogens is 390 g/mol. The monoisotopic (exact) mass is 415 g/mol. The normalized spacial score (nSPS) is 22.8. The van der Waals surface area contributed by atoms with E-state index < -0.39 is 33.7 Å². The summed E-state index contributed by atoms with van der Waals surface area (Å²) in [6.07, 6.45) is 0.814. The second-order valence-electron chi connectivity index (χ2n) is 7.68. The fraction of sp³-hybridized carbons (Fsp3) is 0.409. The minimum atomic E-state index is -3.91. The maximum Gasteiger partial charge on any atom is 0.325 e. The highest BCUT2D eigenvalue weighted by Crippen LogP contribution is 2.64. The number of hydrogen-bond acceptors (Lipinski definition) is 5. The van der Waals surface area contributed by atoms with Gasteiger partial charge < -0.3 is 9.47 Å². The number of hydrogen-bond donors (Lipinski definition) is 0. The molecule has 0 amide bonds. The first-order valence-electron chi connectivity index (χ1n) is 9.82. The number of rotatable bonds is 7. The largest absolute Gasteiger partial charge is 0.465 e.